The maximum Gasteiger partial charge on any atom is 0.157 e. The van der Waals surface area contributed by atoms with Crippen LogP contribution >= 0.6 is 0 Å². The molecular weight excluding hydrogens is 386 g/mol. The normalized spacial score (nSPS) is 24.3. The summed E-state index contributed by atoms with van der Waals surface area (Å²) in [6.45, 7) is 4.40. The number of hydrogen-bond acceptors (Lipinski definition) is 4. The highest BCUT2D eigenvalue weighted by molar-refractivity contribution is 5.73. The van der Waals surface area contributed by atoms with E-state index >= 15 is 0 Å². The van der Waals surface area contributed by atoms with Gasteiger partial charge >= 0.3 is 0 Å². The van der Waals surface area contributed by atoms with Crippen molar-refractivity contribution in [2.45, 2.75) is 43.9 Å². The molecule has 0 aromatic heterocycles. The fourth-order valence-corrected chi connectivity index (χ4v) is 5.20. The van der Waals surface area contributed by atoms with Crippen molar-refractivity contribution in [1.29, 1.82) is 0 Å². The Morgan fingerprint density at radius 3 is 2.50 bits per heavy atom. The molecule has 160 valence electrons. The number of ether oxygens (including phenoxy) is 2. The smallest absolute Gasteiger partial charge is 0.157 e. The van der Waals surface area contributed by atoms with E-state index in [4.69, 9.17) is 9.47 Å². The lowest BCUT2D eigenvalue weighted by atomic mass is 9.89. The fourth-order valence-electron chi connectivity index (χ4n) is 5.20. The zero-order valence-corrected chi connectivity index (χ0v) is 17.1. The van der Waals surface area contributed by atoms with Gasteiger partial charge < -0.3 is 19.3 Å². The molecule has 3 heterocycles. The number of hydrogen-bond donors (Lipinski definition) is 0. The minimum atomic E-state index is -0.239. The van der Waals surface area contributed by atoms with Crippen molar-refractivity contribution in [2.75, 3.05) is 37.7 Å². The molecule has 0 bridgehead atoms. The lowest BCUT2D eigenvalue weighted by molar-refractivity contribution is -0.0482. The highest BCUT2D eigenvalue weighted by Crippen LogP contribution is 2.48. The highest BCUT2D eigenvalue weighted by Gasteiger charge is 2.42. The first-order chi connectivity index (χ1) is 14.7. The van der Waals surface area contributed by atoms with Crippen molar-refractivity contribution in [3.8, 4) is 0 Å². The van der Waals surface area contributed by atoms with Crippen LogP contribution < -0.4 is 4.90 Å². The monoisotopic (exact) mass is 414 g/mol. The van der Waals surface area contributed by atoms with Gasteiger partial charge in [0.15, 0.2) is 6.29 Å². The number of anilines is 2. The molecule has 3 aliphatic rings. The molecular formula is C24H28F2N2O2. The Morgan fingerprint density at radius 2 is 1.70 bits per heavy atom. The molecule has 2 saturated heterocycles. The predicted octanol–water partition coefficient (Wildman–Crippen LogP) is 4.82. The molecule has 3 aliphatic heterocycles. The largest absolute Gasteiger partial charge is 0.350 e. The van der Waals surface area contributed by atoms with Crippen molar-refractivity contribution >= 4 is 11.4 Å². The van der Waals surface area contributed by atoms with Gasteiger partial charge in [0.2, 0.25) is 0 Å². The molecule has 0 saturated carbocycles. The van der Waals surface area contributed by atoms with E-state index in [9.17, 15) is 8.78 Å². The second kappa shape index (κ2) is 8.61. The Balaban J connectivity index is 1.28. The Morgan fingerprint density at radius 1 is 0.933 bits per heavy atom. The first-order valence-electron chi connectivity index (χ1n) is 11.0. The minimum Gasteiger partial charge on any atom is -0.350 e. The molecule has 0 amide bonds. The van der Waals surface area contributed by atoms with Gasteiger partial charge in [-0.3, -0.25) is 0 Å². The molecule has 5 rings (SSSR count). The molecule has 2 aromatic rings. The Kier molecular flexibility index (Phi) is 5.72. The van der Waals surface area contributed by atoms with Gasteiger partial charge in [0.25, 0.3) is 0 Å². The molecule has 6 heteroatoms. The van der Waals surface area contributed by atoms with Crippen molar-refractivity contribution < 1.29 is 18.3 Å². The second-order valence-corrected chi connectivity index (χ2v) is 8.48. The second-order valence-electron chi connectivity index (χ2n) is 8.48. The molecule has 0 N–H and O–H groups in total. The molecule has 4 nitrogen and oxygen atoms in total. The van der Waals surface area contributed by atoms with Crippen molar-refractivity contribution in [2.24, 2.45) is 0 Å². The van der Waals surface area contributed by atoms with Gasteiger partial charge in [-0.25, -0.2) is 8.78 Å². The average molecular weight is 414 g/mol. The molecule has 0 radical (unpaired) electrons. The number of nitrogens with zero attached hydrogens (tertiary/aromatic N) is 2. The number of unbranched alkanes of at least 4 members (excludes halogenated alkanes) is 1. The molecule has 2 atom stereocenters. The van der Waals surface area contributed by atoms with E-state index in [1.807, 2.05) is 18.2 Å². The summed E-state index contributed by atoms with van der Waals surface area (Å²) < 4.78 is 38.6. The summed E-state index contributed by atoms with van der Waals surface area (Å²) in [4.78, 5) is 4.78. The van der Waals surface area contributed by atoms with E-state index < -0.39 is 0 Å². The molecule has 0 unspecified atom stereocenters. The fraction of sp³-hybridized carbons (Fsp3) is 0.500. The van der Waals surface area contributed by atoms with Crippen molar-refractivity contribution in [3.05, 3.63) is 59.7 Å². The lowest BCUT2D eigenvalue weighted by Crippen LogP contribution is -2.45. The van der Waals surface area contributed by atoms with Gasteiger partial charge in [-0.2, -0.15) is 0 Å². The molecule has 0 spiro atoms. The molecule has 2 fully saturated rings. The maximum atomic E-state index is 14.1. The van der Waals surface area contributed by atoms with Crippen LogP contribution in [0.4, 0.5) is 20.2 Å². The molecule has 0 aliphatic carbocycles. The number of halogens is 2. The number of rotatable bonds is 6. The summed E-state index contributed by atoms with van der Waals surface area (Å²) >= 11 is 0. The lowest BCUT2D eigenvalue weighted by Gasteiger charge is -2.39. The third kappa shape index (κ3) is 3.96. The first kappa shape index (κ1) is 19.9. The maximum absolute atomic E-state index is 14.1. The molecule has 2 aromatic carbocycles. The van der Waals surface area contributed by atoms with Gasteiger partial charge in [0, 0.05) is 36.4 Å². The summed E-state index contributed by atoms with van der Waals surface area (Å²) in [5, 5.41) is 0. The standard InChI is InChI=1S/C24H28F2N2O2/c25-17-4-7-19(8-5-17)28-22-9-6-18(26)15-20(22)21-16-27(12-10-23(21)28)11-2-1-3-24-29-13-14-30-24/h4-9,15,21,23-24H,1-3,10-14,16H2/t21-,23+/m0/s1. The third-order valence-corrected chi connectivity index (χ3v) is 6.60. The summed E-state index contributed by atoms with van der Waals surface area (Å²) in [6.07, 6.45) is 4.13. The van der Waals surface area contributed by atoms with Crippen LogP contribution in [0.25, 0.3) is 0 Å². The van der Waals surface area contributed by atoms with E-state index in [2.05, 4.69) is 9.80 Å². The van der Waals surface area contributed by atoms with Crippen molar-refractivity contribution in [1.82, 2.24) is 4.90 Å². The van der Waals surface area contributed by atoms with Crippen LogP contribution in [0.2, 0.25) is 0 Å². The highest BCUT2D eigenvalue weighted by atomic mass is 19.1. The van der Waals surface area contributed by atoms with Crippen LogP contribution in [0.5, 0.6) is 0 Å². The van der Waals surface area contributed by atoms with Crippen LogP contribution in [0.15, 0.2) is 42.5 Å². The number of benzene rings is 2. The number of piperidine rings is 1. The van der Waals surface area contributed by atoms with E-state index in [0.29, 0.717) is 13.2 Å². The van der Waals surface area contributed by atoms with Crippen molar-refractivity contribution in [3.63, 3.8) is 0 Å². The van der Waals surface area contributed by atoms with Crippen LogP contribution in [-0.4, -0.2) is 50.1 Å². The van der Waals surface area contributed by atoms with E-state index in [1.54, 1.807) is 6.07 Å². The third-order valence-electron chi connectivity index (χ3n) is 6.60. The van der Waals surface area contributed by atoms with Gasteiger partial charge in [-0.05, 0) is 80.3 Å². The van der Waals surface area contributed by atoms with E-state index in [1.165, 1.54) is 18.2 Å². The van der Waals surface area contributed by atoms with Crippen LogP contribution in [0.3, 0.4) is 0 Å². The number of fused-ring (bicyclic) bond motifs is 3. The topological polar surface area (TPSA) is 24.9 Å². The van der Waals surface area contributed by atoms with Gasteiger partial charge in [-0.1, -0.05) is 0 Å². The summed E-state index contributed by atoms with van der Waals surface area (Å²) in [7, 11) is 0. The minimum absolute atomic E-state index is 0.0234. The summed E-state index contributed by atoms with van der Waals surface area (Å²) in [5.41, 5.74) is 3.10. The van der Waals surface area contributed by atoms with E-state index in [0.717, 1.165) is 62.3 Å². The van der Waals surface area contributed by atoms with Gasteiger partial charge in [0.1, 0.15) is 11.6 Å². The van der Waals surface area contributed by atoms with E-state index in [-0.39, 0.29) is 29.9 Å². The molecule has 30 heavy (non-hydrogen) atoms. The number of likely N-dealkylation sites (tertiary alicyclic amines) is 1. The predicted molar refractivity (Wildman–Crippen MR) is 112 cm³/mol. The van der Waals surface area contributed by atoms with Crippen LogP contribution in [0, 0.1) is 11.6 Å². The summed E-state index contributed by atoms with van der Waals surface area (Å²) in [5.74, 6) is -0.171. The zero-order chi connectivity index (χ0) is 20.5. The quantitative estimate of drug-likeness (QED) is 0.633. The van der Waals surface area contributed by atoms with Gasteiger partial charge in [0.05, 0.1) is 13.2 Å². The first-order valence-corrected chi connectivity index (χ1v) is 11.0. The zero-order valence-electron chi connectivity index (χ0n) is 17.1. The SMILES string of the molecule is Fc1ccc(N2c3ccc(F)cc3[C@@H]3CN(CCCCC4OCCO4)CC[C@H]32)cc1. The van der Waals surface area contributed by atoms with Crippen LogP contribution in [-0.2, 0) is 9.47 Å². The Bertz CT molecular complexity index is 870. The van der Waals surface area contributed by atoms with Gasteiger partial charge in [-0.15, -0.1) is 0 Å². The Labute approximate surface area is 176 Å². The average Bonchev–Trinajstić information content (AvgIpc) is 3.38. The van der Waals surface area contributed by atoms with Crippen LogP contribution in [0.1, 0.15) is 37.2 Å². The Hall–Kier alpha value is -2.02. The summed E-state index contributed by atoms with van der Waals surface area (Å²) in [6, 6.07) is 12.0.